The summed E-state index contributed by atoms with van der Waals surface area (Å²) in [6, 6.07) is 9.72. The van der Waals surface area contributed by atoms with Crippen LogP contribution in [0.25, 0.3) is 5.69 Å². The molecule has 5 heteroatoms. The van der Waals surface area contributed by atoms with Gasteiger partial charge in [0.05, 0.1) is 11.4 Å². The Hall–Kier alpha value is -2.74. The third kappa shape index (κ3) is 1.96. The number of hydrogen-bond donors (Lipinski definition) is 1. The van der Waals surface area contributed by atoms with Crippen molar-refractivity contribution in [3.63, 3.8) is 0 Å². The van der Waals surface area contributed by atoms with Crippen molar-refractivity contribution in [1.82, 2.24) is 14.7 Å². The van der Waals surface area contributed by atoms with Crippen molar-refractivity contribution in [2.45, 2.75) is 5.92 Å². The standard InChI is InChI=1S/C17H15N3O2/c1-2-11-3-5-12(6-4-11)20-8-7-15(18-20)16-13-9-19(17(21)22)10-14(13)16/h1,3-8,13-14,16H,9-10H2,(H,21,22)/t13-,14?,16?/m1/s1. The topological polar surface area (TPSA) is 58.4 Å². The van der Waals surface area contributed by atoms with Gasteiger partial charge in [-0.25, -0.2) is 9.48 Å². The number of amides is 1. The van der Waals surface area contributed by atoms with Gasteiger partial charge in [0, 0.05) is 30.8 Å². The van der Waals surface area contributed by atoms with Gasteiger partial charge >= 0.3 is 6.09 Å². The number of rotatable bonds is 2. The van der Waals surface area contributed by atoms with Crippen LogP contribution in [0.5, 0.6) is 0 Å². The molecule has 4 rings (SSSR count). The Morgan fingerprint density at radius 3 is 2.50 bits per heavy atom. The van der Waals surface area contributed by atoms with E-state index in [2.05, 4.69) is 11.0 Å². The lowest BCUT2D eigenvalue weighted by atomic mass is 10.2. The number of benzene rings is 1. The van der Waals surface area contributed by atoms with Crippen LogP contribution < -0.4 is 0 Å². The highest BCUT2D eigenvalue weighted by atomic mass is 16.4. The van der Waals surface area contributed by atoms with Crippen molar-refractivity contribution in [2.24, 2.45) is 11.8 Å². The zero-order valence-electron chi connectivity index (χ0n) is 11.9. The summed E-state index contributed by atoms with van der Waals surface area (Å²) in [6.07, 6.45) is 6.49. The molecule has 2 unspecified atom stereocenters. The first-order chi connectivity index (χ1) is 10.7. The molecule has 2 aromatic rings. The Labute approximate surface area is 128 Å². The smallest absolute Gasteiger partial charge is 0.407 e. The van der Waals surface area contributed by atoms with Crippen LogP contribution in [0.4, 0.5) is 4.79 Å². The van der Waals surface area contributed by atoms with Crippen molar-refractivity contribution in [2.75, 3.05) is 13.1 Å². The molecular formula is C17H15N3O2. The van der Waals surface area contributed by atoms with Gasteiger partial charge in [0.2, 0.25) is 0 Å². The molecule has 1 saturated heterocycles. The molecule has 5 nitrogen and oxygen atoms in total. The minimum absolute atomic E-state index is 0.404. The Morgan fingerprint density at radius 1 is 1.23 bits per heavy atom. The normalized spacial score (nSPS) is 25.6. The average molecular weight is 293 g/mol. The third-order valence-corrected chi connectivity index (χ3v) is 4.71. The lowest BCUT2D eigenvalue weighted by Crippen LogP contribution is -2.29. The summed E-state index contributed by atoms with van der Waals surface area (Å²) in [5.41, 5.74) is 2.88. The van der Waals surface area contributed by atoms with Crippen LogP contribution >= 0.6 is 0 Å². The highest BCUT2D eigenvalue weighted by molar-refractivity contribution is 5.66. The van der Waals surface area contributed by atoms with Crippen molar-refractivity contribution < 1.29 is 9.90 Å². The van der Waals surface area contributed by atoms with E-state index in [-0.39, 0.29) is 0 Å². The van der Waals surface area contributed by atoms with Gasteiger partial charge in [0.15, 0.2) is 0 Å². The summed E-state index contributed by atoms with van der Waals surface area (Å²) >= 11 is 0. The second kappa shape index (κ2) is 4.63. The summed E-state index contributed by atoms with van der Waals surface area (Å²) in [5.74, 6) is 3.87. The summed E-state index contributed by atoms with van der Waals surface area (Å²) < 4.78 is 1.85. The molecule has 1 aromatic heterocycles. The minimum Gasteiger partial charge on any atom is -0.465 e. The predicted octanol–water partition coefficient (Wildman–Crippen LogP) is 2.18. The molecular weight excluding hydrogens is 278 g/mol. The van der Waals surface area contributed by atoms with Crippen molar-refractivity contribution in [3.05, 3.63) is 47.8 Å². The van der Waals surface area contributed by atoms with Crippen LogP contribution in [0.3, 0.4) is 0 Å². The molecule has 2 fully saturated rings. The molecule has 1 aliphatic carbocycles. The lowest BCUT2D eigenvalue weighted by Gasteiger charge is -2.14. The molecule has 1 saturated carbocycles. The molecule has 0 spiro atoms. The predicted molar refractivity (Wildman–Crippen MR) is 80.8 cm³/mol. The Kier molecular flexibility index (Phi) is 2.73. The molecule has 1 aliphatic heterocycles. The fraction of sp³-hybridized carbons (Fsp3) is 0.294. The minimum atomic E-state index is -0.815. The number of aromatic nitrogens is 2. The third-order valence-electron chi connectivity index (χ3n) is 4.71. The van der Waals surface area contributed by atoms with E-state index in [1.807, 2.05) is 41.2 Å². The SMILES string of the molecule is C#Cc1ccc(-n2ccc(C3C4CN(C(=O)O)C[C@H]43)n2)cc1. The van der Waals surface area contributed by atoms with Crippen LogP contribution in [0, 0.1) is 24.2 Å². The summed E-state index contributed by atoms with van der Waals surface area (Å²) in [5, 5.41) is 13.6. The molecule has 1 aromatic carbocycles. The van der Waals surface area contributed by atoms with Crippen LogP contribution in [0.15, 0.2) is 36.5 Å². The second-order valence-electron chi connectivity index (χ2n) is 5.92. The van der Waals surface area contributed by atoms with Crippen LogP contribution in [0.2, 0.25) is 0 Å². The number of carboxylic acid groups (broad SMARTS) is 1. The van der Waals surface area contributed by atoms with E-state index in [1.165, 1.54) is 4.90 Å². The van der Waals surface area contributed by atoms with Crippen LogP contribution in [0.1, 0.15) is 17.2 Å². The first kappa shape index (κ1) is 13.0. The van der Waals surface area contributed by atoms with E-state index < -0.39 is 6.09 Å². The Balaban J connectivity index is 1.49. The summed E-state index contributed by atoms with van der Waals surface area (Å²) in [6.45, 7) is 1.27. The first-order valence-corrected chi connectivity index (χ1v) is 7.28. The zero-order valence-corrected chi connectivity index (χ0v) is 11.9. The van der Waals surface area contributed by atoms with Gasteiger partial charge in [0.1, 0.15) is 0 Å². The largest absolute Gasteiger partial charge is 0.465 e. The molecule has 0 radical (unpaired) electrons. The molecule has 1 amide bonds. The Morgan fingerprint density at radius 2 is 1.91 bits per heavy atom. The molecule has 0 bridgehead atoms. The van der Waals surface area contributed by atoms with Gasteiger partial charge in [-0.2, -0.15) is 5.10 Å². The van der Waals surface area contributed by atoms with E-state index >= 15 is 0 Å². The van der Waals surface area contributed by atoms with E-state index in [0.717, 1.165) is 16.9 Å². The highest BCUT2D eigenvalue weighted by Gasteiger charge is 2.58. The molecule has 2 aliphatic rings. The van der Waals surface area contributed by atoms with Crippen molar-refractivity contribution in [1.29, 1.82) is 0 Å². The average Bonchev–Trinajstić information content (AvgIpc) is 2.95. The number of piperidine rings is 1. The number of carbonyl (C=O) groups is 1. The maximum atomic E-state index is 10.9. The van der Waals surface area contributed by atoms with E-state index in [9.17, 15) is 4.79 Å². The van der Waals surface area contributed by atoms with E-state index in [4.69, 9.17) is 11.5 Å². The number of fused-ring (bicyclic) bond motifs is 1. The monoisotopic (exact) mass is 293 g/mol. The fourth-order valence-corrected chi connectivity index (χ4v) is 3.49. The molecule has 110 valence electrons. The number of hydrogen-bond acceptors (Lipinski definition) is 2. The second-order valence-corrected chi connectivity index (χ2v) is 5.92. The van der Waals surface area contributed by atoms with Crippen molar-refractivity contribution in [3.8, 4) is 18.0 Å². The fourth-order valence-electron chi connectivity index (χ4n) is 3.49. The van der Waals surface area contributed by atoms with E-state index in [1.54, 1.807) is 0 Å². The molecule has 22 heavy (non-hydrogen) atoms. The highest BCUT2D eigenvalue weighted by Crippen LogP contribution is 2.57. The summed E-state index contributed by atoms with van der Waals surface area (Å²) in [7, 11) is 0. The van der Waals surface area contributed by atoms with Gasteiger partial charge in [0.25, 0.3) is 0 Å². The van der Waals surface area contributed by atoms with Gasteiger partial charge in [-0.3, -0.25) is 0 Å². The maximum absolute atomic E-state index is 10.9. The van der Waals surface area contributed by atoms with Crippen molar-refractivity contribution >= 4 is 6.09 Å². The van der Waals surface area contributed by atoms with Gasteiger partial charge in [-0.15, -0.1) is 6.42 Å². The van der Waals surface area contributed by atoms with Gasteiger partial charge in [-0.1, -0.05) is 5.92 Å². The number of terminal acetylenes is 1. The quantitative estimate of drug-likeness (QED) is 0.863. The van der Waals surface area contributed by atoms with Gasteiger partial charge in [-0.05, 0) is 42.2 Å². The Bertz CT molecular complexity index is 760. The lowest BCUT2D eigenvalue weighted by molar-refractivity contribution is 0.150. The molecule has 3 atom stereocenters. The van der Waals surface area contributed by atoms with E-state index in [0.29, 0.717) is 30.8 Å². The molecule has 1 N–H and O–H groups in total. The maximum Gasteiger partial charge on any atom is 0.407 e. The number of nitrogens with zero attached hydrogens (tertiary/aromatic N) is 3. The van der Waals surface area contributed by atoms with Crippen LogP contribution in [-0.4, -0.2) is 39.0 Å². The first-order valence-electron chi connectivity index (χ1n) is 7.28. The van der Waals surface area contributed by atoms with Crippen LogP contribution in [-0.2, 0) is 0 Å². The summed E-state index contributed by atoms with van der Waals surface area (Å²) in [4.78, 5) is 12.4. The zero-order chi connectivity index (χ0) is 15.3. The number of likely N-dealkylation sites (tertiary alicyclic amines) is 1. The molecule has 2 heterocycles. The van der Waals surface area contributed by atoms with Gasteiger partial charge < -0.3 is 10.0 Å².